The SMILES string of the molecule is CCC(CNC)C(=O)c1cccs1. The summed E-state index contributed by atoms with van der Waals surface area (Å²) in [5.41, 5.74) is 0. The Kier molecular flexibility index (Phi) is 4.12. The van der Waals surface area contributed by atoms with Crippen molar-refractivity contribution in [1.82, 2.24) is 5.32 Å². The molecule has 1 heterocycles. The number of rotatable bonds is 5. The number of thiophene rings is 1. The molecule has 0 spiro atoms. The van der Waals surface area contributed by atoms with Crippen LogP contribution in [0.2, 0.25) is 0 Å². The number of nitrogens with one attached hydrogen (secondary N) is 1. The van der Waals surface area contributed by atoms with Crippen LogP contribution < -0.4 is 5.32 Å². The maximum Gasteiger partial charge on any atom is 0.177 e. The summed E-state index contributed by atoms with van der Waals surface area (Å²) in [6.45, 7) is 2.82. The fourth-order valence-electron chi connectivity index (χ4n) is 1.29. The van der Waals surface area contributed by atoms with Gasteiger partial charge in [-0.1, -0.05) is 13.0 Å². The number of carbonyl (C=O) groups excluding carboxylic acids is 1. The van der Waals surface area contributed by atoms with Gasteiger partial charge < -0.3 is 5.32 Å². The van der Waals surface area contributed by atoms with Gasteiger partial charge in [0.1, 0.15) is 0 Å². The topological polar surface area (TPSA) is 29.1 Å². The predicted octanol–water partition coefficient (Wildman–Crippen LogP) is 2.18. The molecule has 1 aromatic rings. The quantitative estimate of drug-likeness (QED) is 0.733. The lowest BCUT2D eigenvalue weighted by Gasteiger charge is -2.11. The monoisotopic (exact) mass is 197 g/mol. The van der Waals surface area contributed by atoms with Crippen LogP contribution in [0.4, 0.5) is 0 Å². The molecule has 72 valence electrons. The van der Waals surface area contributed by atoms with E-state index in [0.29, 0.717) is 0 Å². The summed E-state index contributed by atoms with van der Waals surface area (Å²) >= 11 is 1.52. The van der Waals surface area contributed by atoms with Crippen LogP contribution in [0, 0.1) is 5.92 Å². The van der Waals surface area contributed by atoms with Gasteiger partial charge in [0.25, 0.3) is 0 Å². The lowest BCUT2D eigenvalue weighted by atomic mass is 10.0. The van der Waals surface area contributed by atoms with Crippen molar-refractivity contribution < 1.29 is 4.79 Å². The second-order valence-electron chi connectivity index (χ2n) is 3.00. The minimum Gasteiger partial charge on any atom is -0.319 e. The van der Waals surface area contributed by atoms with E-state index in [0.717, 1.165) is 17.8 Å². The van der Waals surface area contributed by atoms with E-state index in [1.807, 2.05) is 31.5 Å². The average molecular weight is 197 g/mol. The van der Waals surface area contributed by atoms with E-state index in [2.05, 4.69) is 5.32 Å². The molecule has 2 nitrogen and oxygen atoms in total. The van der Waals surface area contributed by atoms with Crippen LogP contribution in [-0.2, 0) is 0 Å². The second-order valence-corrected chi connectivity index (χ2v) is 3.95. The first-order valence-corrected chi connectivity index (χ1v) is 5.39. The molecular weight excluding hydrogens is 182 g/mol. The zero-order chi connectivity index (χ0) is 9.68. The van der Waals surface area contributed by atoms with Crippen molar-refractivity contribution in [2.24, 2.45) is 5.92 Å². The number of hydrogen-bond donors (Lipinski definition) is 1. The summed E-state index contributed by atoms with van der Waals surface area (Å²) in [7, 11) is 1.88. The van der Waals surface area contributed by atoms with Crippen molar-refractivity contribution >= 4 is 17.1 Å². The molecule has 0 aromatic carbocycles. The highest BCUT2D eigenvalue weighted by atomic mass is 32.1. The molecule has 0 aliphatic rings. The highest BCUT2D eigenvalue weighted by Crippen LogP contribution is 2.16. The van der Waals surface area contributed by atoms with Crippen LogP contribution in [0.15, 0.2) is 17.5 Å². The van der Waals surface area contributed by atoms with Crippen LogP contribution in [-0.4, -0.2) is 19.4 Å². The molecule has 0 radical (unpaired) electrons. The third kappa shape index (κ3) is 2.64. The van der Waals surface area contributed by atoms with Crippen molar-refractivity contribution in [3.8, 4) is 0 Å². The standard InChI is InChI=1S/C10H15NOS/c1-3-8(7-11-2)10(12)9-5-4-6-13-9/h4-6,8,11H,3,7H2,1-2H3. The van der Waals surface area contributed by atoms with E-state index in [1.165, 1.54) is 11.3 Å². The van der Waals surface area contributed by atoms with Gasteiger partial charge in [0.05, 0.1) is 4.88 Å². The van der Waals surface area contributed by atoms with Crippen LogP contribution >= 0.6 is 11.3 Å². The molecule has 0 aliphatic heterocycles. The van der Waals surface area contributed by atoms with Gasteiger partial charge >= 0.3 is 0 Å². The van der Waals surface area contributed by atoms with Crippen molar-refractivity contribution in [2.75, 3.05) is 13.6 Å². The first kappa shape index (κ1) is 10.4. The maximum absolute atomic E-state index is 11.8. The summed E-state index contributed by atoms with van der Waals surface area (Å²) in [5.74, 6) is 0.399. The molecule has 1 aromatic heterocycles. The minimum atomic E-state index is 0.128. The van der Waals surface area contributed by atoms with Crippen molar-refractivity contribution in [3.05, 3.63) is 22.4 Å². The van der Waals surface area contributed by atoms with Gasteiger partial charge in [0, 0.05) is 12.5 Å². The zero-order valence-corrected chi connectivity index (χ0v) is 8.86. The smallest absolute Gasteiger partial charge is 0.177 e. The average Bonchev–Trinajstić information content (AvgIpc) is 2.65. The van der Waals surface area contributed by atoms with Gasteiger partial charge in [-0.15, -0.1) is 11.3 Å². The Morgan fingerprint density at radius 1 is 1.69 bits per heavy atom. The first-order valence-electron chi connectivity index (χ1n) is 4.52. The fraction of sp³-hybridized carbons (Fsp3) is 0.500. The van der Waals surface area contributed by atoms with Crippen molar-refractivity contribution in [2.45, 2.75) is 13.3 Å². The molecule has 1 rings (SSSR count). The van der Waals surface area contributed by atoms with E-state index in [9.17, 15) is 4.79 Å². The third-order valence-electron chi connectivity index (χ3n) is 2.08. The van der Waals surface area contributed by atoms with E-state index in [-0.39, 0.29) is 11.7 Å². The van der Waals surface area contributed by atoms with Crippen LogP contribution in [0.5, 0.6) is 0 Å². The molecule has 3 heteroatoms. The maximum atomic E-state index is 11.8. The Labute approximate surface area is 83.0 Å². The fourth-order valence-corrected chi connectivity index (χ4v) is 2.03. The normalized spacial score (nSPS) is 12.8. The summed E-state index contributed by atoms with van der Waals surface area (Å²) < 4.78 is 0. The lowest BCUT2D eigenvalue weighted by Crippen LogP contribution is -2.25. The number of carbonyl (C=O) groups is 1. The molecule has 1 atom stereocenters. The van der Waals surface area contributed by atoms with Gasteiger partial charge in [-0.05, 0) is 24.9 Å². The Bertz CT molecular complexity index is 256. The third-order valence-corrected chi connectivity index (χ3v) is 2.96. The molecule has 0 amide bonds. The lowest BCUT2D eigenvalue weighted by molar-refractivity contribution is 0.0921. The van der Waals surface area contributed by atoms with Crippen LogP contribution in [0.1, 0.15) is 23.0 Å². The molecule has 0 saturated carbocycles. The highest BCUT2D eigenvalue weighted by molar-refractivity contribution is 7.12. The van der Waals surface area contributed by atoms with Gasteiger partial charge in [0.2, 0.25) is 0 Å². The Morgan fingerprint density at radius 3 is 2.92 bits per heavy atom. The highest BCUT2D eigenvalue weighted by Gasteiger charge is 2.17. The van der Waals surface area contributed by atoms with E-state index in [1.54, 1.807) is 0 Å². The van der Waals surface area contributed by atoms with E-state index < -0.39 is 0 Å². The summed E-state index contributed by atoms with van der Waals surface area (Å²) in [6.07, 6.45) is 0.900. The van der Waals surface area contributed by atoms with E-state index >= 15 is 0 Å². The number of hydrogen-bond acceptors (Lipinski definition) is 3. The summed E-state index contributed by atoms with van der Waals surface area (Å²) in [4.78, 5) is 12.7. The van der Waals surface area contributed by atoms with Crippen molar-refractivity contribution in [1.29, 1.82) is 0 Å². The van der Waals surface area contributed by atoms with Gasteiger partial charge in [-0.25, -0.2) is 0 Å². The predicted molar refractivity (Wildman–Crippen MR) is 56.4 cm³/mol. The number of Topliss-reactive ketones (excluding diaryl/α,β-unsaturated/α-hetero) is 1. The number of ketones is 1. The summed E-state index contributed by atoms with van der Waals surface area (Å²) in [5, 5.41) is 4.99. The summed E-state index contributed by atoms with van der Waals surface area (Å²) in [6, 6.07) is 3.81. The molecule has 0 aliphatic carbocycles. The van der Waals surface area contributed by atoms with Gasteiger partial charge in [-0.2, -0.15) is 0 Å². The van der Waals surface area contributed by atoms with Gasteiger partial charge in [0.15, 0.2) is 5.78 Å². The first-order chi connectivity index (χ1) is 6.29. The minimum absolute atomic E-state index is 0.128. The Hall–Kier alpha value is -0.670. The molecule has 0 saturated heterocycles. The largest absolute Gasteiger partial charge is 0.319 e. The molecule has 0 bridgehead atoms. The molecule has 1 N–H and O–H groups in total. The zero-order valence-electron chi connectivity index (χ0n) is 8.04. The molecule has 1 unspecified atom stereocenters. The molecule has 13 heavy (non-hydrogen) atoms. The van der Waals surface area contributed by atoms with Crippen molar-refractivity contribution in [3.63, 3.8) is 0 Å². The second kappa shape index (κ2) is 5.14. The van der Waals surface area contributed by atoms with E-state index in [4.69, 9.17) is 0 Å². The Morgan fingerprint density at radius 2 is 2.46 bits per heavy atom. The van der Waals surface area contributed by atoms with Crippen LogP contribution in [0.25, 0.3) is 0 Å². The molecular formula is C10H15NOS. The molecule has 0 fully saturated rings. The van der Waals surface area contributed by atoms with Gasteiger partial charge in [-0.3, -0.25) is 4.79 Å². The Balaban J connectivity index is 2.65. The van der Waals surface area contributed by atoms with Crippen LogP contribution in [0.3, 0.4) is 0 Å².